The first kappa shape index (κ1) is 7.98. The van der Waals surface area contributed by atoms with Crippen LogP contribution in [0.5, 0.6) is 0 Å². The molecular weight excluding hydrogens is 130 g/mol. The number of aliphatic hydroxyl groups is 2. The molecule has 1 rings (SSSR count). The third-order valence-electron chi connectivity index (χ3n) is 2.03. The van der Waals surface area contributed by atoms with Gasteiger partial charge in [-0.3, -0.25) is 0 Å². The van der Waals surface area contributed by atoms with Crippen LogP contribution >= 0.6 is 0 Å². The second-order valence-corrected chi connectivity index (χ2v) is 3.09. The van der Waals surface area contributed by atoms with Crippen molar-refractivity contribution in [2.75, 3.05) is 13.1 Å². The maximum Gasteiger partial charge on any atom is 0.0691 e. The van der Waals surface area contributed by atoms with E-state index in [-0.39, 0.29) is 18.1 Å². The molecule has 0 aromatic heterocycles. The van der Waals surface area contributed by atoms with Gasteiger partial charge in [0.2, 0.25) is 0 Å². The van der Waals surface area contributed by atoms with E-state index in [9.17, 15) is 10.2 Å². The van der Waals surface area contributed by atoms with Crippen LogP contribution < -0.4 is 5.32 Å². The lowest BCUT2D eigenvalue weighted by atomic mass is 9.99. The van der Waals surface area contributed by atoms with E-state index in [4.69, 9.17) is 0 Å². The third-order valence-corrected chi connectivity index (χ3v) is 2.03. The highest BCUT2D eigenvalue weighted by Crippen LogP contribution is 2.12. The summed E-state index contributed by atoms with van der Waals surface area (Å²) in [6.45, 7) is 3.18. The minimum Gasteiger partial charge on any atom is -0.392 e. The van der Waals surface area contributed by atoms with E-state index in [1.54, 1.807) is 0 Å². The summed E-state index contributed by atoms with van der Waals surface area (Å²) < 4.78 is 0. The molecule has 0 radical (unpaired) electrons. The molecule has 3 heteroatoms. The predicted molar refractivity (Wildman–Crippen MR) is 38.7 cm³/mol. The number of nitrogens with one attached hydrogen (secondary N) is 1. The molecule has 1 aliphatic rings. The van der Waals surface area contributed by atoms with Gasteiger partial charge in [0.05, 0.1) is 12.2 Å². The van der Waals surface area contributed by atoms with Crippen molar-refractivity contribution >= 4 is 0 Å². The van der Waals surface area contributed by atoms with E-state index in [0.29, 0.717) is 19.5 Å². The first-order valence-corrected chi connectivity index (χ1v) is 3.77. The van der Waals surface area contributed by atoms with Gasteiger partial charge in [0.1, 0.15) is 0 Å². The molecule has 60 valence electrons. The highest BCUT2D eigenvalue weighted by Gasteiger charge is 2.21. The summed E-state index contributed by atoms with van der Waals surface area (Å²) in [5.41, 5.74) is 0. The average molecular weight is 145 g/mol. The van der Waals surface area contributed by atoms with E-state index in [0.717, 1.165) is 0 Å². The molecule has 1 heterocycles. The van der Waals surface area contributed by atoms with Crippen LogP contribution in [-0.2, 0) is 0 Å². The molecule has 3 N–H and O–H groups in total. The highest BCUT2D eigenvalue weighted by molar-refractivity contribution is 4.76. The normalized spacial score (nSPS) is 42.9. The number of β-amino-alcohol motifs (C(OH)–C–C–N with tert-alkyl or cyclic N) is 2. The molecule has 0 bridgehead atoms. The van der Waals surface area contributed by atoms with E-state index < -0.39 is 0 Å². The molecule has 0 aliphatic carbocycles. The van der Waals surface area contributed by atoms with E-state index >= 15 is 0 Å². The SMILES string of the molecule is C[C@H]1C[C@H](O)CNC[C@@H]1O. The lowest BCUT2D eigenvalue weighted by Gasteiger charge is -2.14. The standard InChI is InChI=1S/C7H15NO2/c1-5-2-6(9)3-8-4-7(5)10/h5-10H,2-4H2,1H3/t5-,6-,7-/m0/s1. The number of aliphatic hydroxyl groups excluding tert-OH is 2. The first-order chi connectivity index (χ1) is 4.70. The van der Waals surface area contributed by atoms with Gasteiger partial charge in [0.25, 0.3) is 0 Å². The predicted octanol–water partition coefficient (Wildman–Crippen LogP) is -0.662. The summed E-state index contributed by atoms with van der Waals surface area (Å²) in [6, 6.07) is 0. The lowest BCUT2D eigenvalue weighted by molar-refractivity contribution is 0.0964. The largest absolute Gasteiger partial charge is 0.392 e. The molecule has 0 spiro atoms. The van der Waals surface area contributed by atoms with Crippen molar-refractivity contribution in [3.05, 3.63) is 0 Å². The number of rotatable bonds is 0. The zero-order chi connectivity index (χ0) is 7.56. The third kappa shape index (κ3) is 1.94. The van der Waals surface area contributed by atoms with Gasteiger partial charge >= 0.3 is 0 Å². The molecule has 3 nitrogen and oxygen atoms in total. The van der Waals surface area contributed by atoms with Crippen LogP contribution in [0, 0.1) is 5.92 Å². The second kappa shape index (κ2) is 3.32. The van der Waals surface area contributed by atoms with E-state index in [2.05, 4.69) is 5.32 Å². The Balaban J connectivity index is 2.41. The van der Waals surface area contributed by atoms with Gasteiger partial charge in [-0.05, 0) is 12.3 Å². The van der Waals surface area contributed by atoms with Crippen LogP contribution in [0.25, 0.3) is 0 Å². The van der Waals surface area contributed by atoms with Gasteiger partial charge in [0.15, 0.2) is 0 Å². The van der Waals surface area contributed by atoms with Crippen LogP contribution in [0.3, 0.4) is 0 Å². The van der Waals surface area contributed by atoms with Crippen molar-refractivity contribution in [1.29, 1.82) is 0 Å². The molecule has 10 heavy (non-hydrogen) atoms. The Labute approximate surface area is 61.1 Å². The quantitative estimate of drug-likeness (QED) is 0.424. The Kier molecular flexibility index (Phi) is 2.65. The fourth-order valence-corrected chi connectivity index (χ4v) is 1.27. The summed E-state index contributed by atoms with van der Waals surface area (Å²) in [5.74, 6) is 0.213. The van der Waals surface area contributed by atoms with Gasteiger partial charge in [-0.1, -0.05) is 6.92 Å². The molecular formula is C7H15NO2. The Morgan fingerprint density at radius 2 is 2.00 bits per heavy atom. The Hall–Kier alpha value is -0.120. The molecule has 0 saturated carbocycles. The summed E-state index contributed by atoms with van der Waals surface area (Å²) in [4.78, 5) is 0. The Morgan fingerprint density at radius 3 is 2.70 bits per heavy atom. The van der Waals surface area contributed by atoms with Gasteiger partial charge in [-0.2, -0.15) is 0 Å². The maximum absolute atomic E-state index is 9.30. The summed E-state index contributed by atoms with van der Waals surface area (Å²) in [7, 11) is 0. The molecule has 1 saturated heterocycles. The maximum atomic E-state index is 9.30. The highest BCUT2D eigenvalue weighted by atomic mass is 16.3. The first-order valence-electron chi connectivity index (χ1n) is 3.77. The molecule has 1 fully saturated rings. The fraction of sp³-hybridized carbons (Fsp3) is 1.00. The summed E-state index contributed by atoms with van der Waals surface area (Å²) >= 11 is 0. The van der Waals surface area contributed by atoms with Crippen molar-refractivity contribution in [3.63, 3.8) is 0 Å². The van der Waals surface area contributed by atoms with E-state index in [1.807, 2.05) is 6.92 Å². The van der Waals surface area contributed by atoms with Gasteiger partial charge in [-0.25, -0.2) is 0 Å². The van der Waals surface area contributed by atoms with Crippen LogP contribution in [0.1, 0.15) is 13.3 Å². The van der Waals surface area contributed by atoms with Gasteiger partial charge in [-0.15, -0.1) is 0 Å². The Morgan fingerprint density at radius 1 is 1.30 bits per heavy atom. The van der Waals surface area contributed by atoms with Crippen molar-refractivity contribution in [2.24, 2.45) is 5.92 Å². The summed E-state index contributed by atoms with van der Waals surface area (Å²) in [5, 5.41) is 21.5. The van der Waals surface area contributed by atoms with Gasteiger partial charge in [0, 0.05) is 13.1 Å². The monoisotopic (exact) mass is 145 g/mol. The van der Waals surface area contributed by atoms with Crippen LogP contribution in [0.15, 0.2) is 0 Å². The van der Waals surface area contributed by atoms with Crippen LogP contribution in [0.4, 0.5) is 0 Å². The number of hydrogen-bond donors (Lipinski definition) is 3. The van der Waals surface area contributed by atoms with Crippen LogP contribution in [0.2, 0.25) is 0 Å². The smallest absolute Gasteiger partial charge is 0.0691 e. The average Bonchev–Trinajstić information content (AvgIpc) is 1.96. The van der Waals surface area contributed by atoms with Crippen LogP contribution in [-0.4, -0.2) is 35.5 Å². The molecule has 0 unspecified atom stereocenters. The molecule has 3 atom stereocenters. The molecule has 1 aliphatic heterocycles. The minimum absolute atomic E-state index is 0.213. The minimum atomic E-state index is -0.294. The van der Waals surface area contributed by atoms with Crippen molar-refractivity contribution in [2.45, 2.75) is 25.6 Å². The fourth-order valence-electron chi connectivity index (χ4n) is 1.27. The zero-order valence-corrected chi connectivity index (χ0v) is 6.25. The van der Waals surface area contributed by atoms with Gasteiger partial charge < -0.3 is 15.5 Å². The topological polar surface area (TPSA) is 52.5 Å². The van der Waals surface area contributed by atoms with Crippen molar-refractivity contribution in [1.82, 2.24) is 5.32 Å². The zero-order valence-electron chi connectivity index (χ0n) is 6.25. The molecule has 0 aromatic carbocycles. The summed E-state index contributed by atoms with van der Waals surface area (Å²) in [6.07, 6.45) is 0.123. The second-order valence-electron chi connectivity index (χ2n) is 3.09. The lowest BCUT2D eigenvalue weighted by Crippen LogP contribution is -2.29. The Bertz CT molecular complexity index is 108. The number of hydrogen-bond acceptors (Lipinski definition) is 3. The van der Waals surface area contributed by atoms with Crippen molar-refractivity contribution < 1.29 is 10.2 Å². The van der Waals surface area contributed by atoms with E-state index in [1.165, 1.54) is 0 Å². The van der Waals surface area contributed by atoms with Crippen molar-refractivity contribution in [3.8, 4) is 0 Å². The molecule has 0 aromatic rings. The molecule has 0 amide bonds.